The van der Waals surface area contributed by atoms with E-state index in [2.05, 4.69) is 10.6 Å². The van der Waals surface area contributed by atoms with Gasteiger partial charge in [0, 0.05) is 35.1 Å². The molecule has 0 aliphatic carbocycles. The van der Waals surface area contributed by atoms with Gasteiger partial charge in [0.05, 0.1) is 6.54 Å². The summed E-state index contributed by atoms with van der Waals surface area (Å²) in [4.78, 5) is 25.6. The summed E-state index contributed by atoms with van der Waals surface area (Å²) in [5.41, 5.74) is 3.32. The van der Waals surface area contributed by atoms with Crippen molar-refractivity contribution in [2.75, 3.05) is 28.6 Å². The predicted molar refractivity (Wildman–Crippen MR) is 101 cm³/mol. The molecular weight excluding hydrogens is 338 g/mol. The first kappa shape index (κ1) is 17.3. The molecule has 2 aromatic rings. The number of hydrogen-bond donors (Lipinski definition) is 2. The first-order chi connectivity index (χ1) is 12.0. The minimum absolute atomic E-state index is 0.146. The van der Waals surface area contributed by atoms with E-state index in [9.17, 15) is 9.59 Å². The number of carbonyl (C=O) groups excluding carboxylic acids is 2. The summed E-state index contributed by atoms with van der Waals surface area (Å²) in [5, 5.41) is 6.59. The van der Waals surface area contributed by atoms with Crippen molar-refractivity contribution in [3.63, 3.8) is 0 Å². The molecule has 1 heterocycles. The third-order valence-corrected chi connectivity index (χ3v) is 4.65. The van der Waals surface area contributed by atoms with Gasteiger partial charge in [0.25, 0.3) is 0 Å². The van der Waals surface area contributed by atoms with Crippen LogP contribution in [-0.4, -0.2) is 24.9 Å². The molecule has 0 unspecified atom stereocenters. The van der Waals surface area contributed by atoms with Crippen LogP contribution >= 0.6 is 11.6 Å². The van der Waals surface area contributed by atoms with Crippen LogP contribution in [0.15, 0.2) is 42.5 Å². The van der Waals surface area contributed by atoms with Gasteiger partial charge >= 0.3 is 0 Å². The highest BCUT2D eigenvalue weighted by Crippen LogP contribution is 2.24. The molecule has 2 amide bonds. The molecule has 1 aliphatic rings. The molecule has 3 rings (SSSR count). The van der Waals surface area contributed by atoms with Gasteiger partial charge in [-0.15, -0.1) is 0 Å². The van der Waals surface area contributed by atoms with Crippen LogP contribution in [0.25, 0.3) is 0 Å². The Morgan fingerprint density at radius 1 is 1.20 bits per heavy atom. The van der Waals surface area contributed by atoms with E-state index in [4.69, 9.17) is 11.6 Å². The Bertz CT molecular complexity index is 790. The highest BCUT2D eigenvalue weighted by molar-refractivity contribution is 6.31. The lowest BCUT2D eigenvalue weighted by Gasteiger charge is -2.16. The molecule has 130 valence electrons. The molecule has 0 spiro atoms. The van der Waals surface area contributed by atoms with Crippen molar-refractivity contribution in [3.8, 4) is 0 Å². The van der Waals surface area contributed by atoms with Crippen LogP contribution < -0.4 is 15.5 Å². The molecule has 2 N–H and O–H groups in total. The lowest BCUT2D eigenvalue weighted by molar-refractivity contribution is -0.117. The normalized spacial score (nSPS) is 13.8. The zero-order chi connectivity index (χ0) is 17.8. The number of hydrogen-bond acceptors (Lipinski definition) is 3. The summed E-state index contributed by atoms with van der Waals surface area (Å²) in [6, 6.07) is 12.9. The van der Waals surface area contributed by atoms with E-state index in [1.165, 1.54) is 0 Å². The number of nitrogens with zero attached hydrogens (tertiary/aromatic N) is 1. The largest absolute Gasteiger partial charge is 0.376 e. The van der Waals surface area contributed by atoms with Crippen molar-refractivity contribution in [2.24, 2.45) is 0 Å². The number of rotatable bonds is 5. The van der Waals surface area contributed by atoms with Crippen LogP contribution in [0.3, 0.4) is 0 Å². The van der Waals surface area contributed by atoms with Crippen molar-refractivity contribution >= 4 is 40.5 Å². The maximum atomic E-state index is 12.1. The van der Waals surface area contributed by atoms with Crippen LogP contribution in [0.4, 0.5) is 17.1 Å². The second kappa shape index (κ2) is 7.57. The Morgan fingerprint density at radius 2 is 1.96 bits per heavy atom. The highest BCUT2D eigenvalue weighted by atomic mass is 35.5. The van der Waals surface area contributed by atoms with E-state index in [0.29, 0.717) is 17.1 Å². The quantitative estimate of drug-likeness (QED) is 0.855. The second-order valence-corrected chi connectivity index (χ2v) is 6.42. The Labute approximate surface area is 152 Å². The van der Waals surface area contributed by atoms with E-state index < -0.39 is 0 Å². The zero-order valence-electron chi connectivity index (χ0n) is 14.0. The van der Waals surface area contributed by atoms with Gasteiger partial charge in [-0.1, -0.05) is 17.7 Å². The molecule has 0 bridgehead atoms. The summed E-state index contributed by atoms with van der Waals surface area (Å²) in [6.07, 6.45) is 1.50. The van der Waals surface area contributed by atoms with Gasteiger partial charge in [0.2, 0.25) is 11.8 Å². The van der Waals surface area contributed by atoms with Crippen molar-refractivity contribution < 1.29 is 9.59 Å². The fourth-order valence-corrected chi connectivity index (χ4v) is 3.00. The first-order valence-corrected chi connectivity index (χ1v) is 8.61. The van der Waals surface area contributed by atoms with Crippen molar-refractivity contribution in [2.45, 2.75) is 19.8 Å². The summed E-state index contributed by atoms with van der Waals surface area (Å²) in [5.74, 6) is 0.00208. The fourth-order valence-electron chi connectivity index (χ4n) is 2.83. The molecule has 0 atom stereocenters. The van der Waals surface area contributed by atoms with E-state index in [1.54, 1.807) is 4.90 Å². The molecule has 2 aromatic carbocycles. The Hall–Kier alpha value is -2.53. The fraction of sp³-hybridized carbons (Fsp3) is 0.263. The average molecular weight is 358 g/mol. The van der Waals surface area contributed by atoms with Crippen molar-refractivity contribution in [3.05, 3.63) is 53.1 Å². The molecule has 1 aliphatic heterocycles. The lowest BCUT2D eigenvalue weighted by atomic mass is 10.2. The topological polar surface area (TPSA) is 61.4 Å². The SMILES string of the molecule is Cc1c(Cl)cccc1NCC(=O)Nc1ccc(N2CCCC2=O)cc1. The van der Waals surface area contributed by atoms with Gasteiger partial charge in [0.1, 0.15) is 0 Å². The molecule has 1 fully saturated rings. The number of anilines is 3. The molecule has 0 saturated carbocycles. The number of amides is 2. The summed E-state index contributed by atoms with van der Waals surface area (Å²) < 4.78 is 0. The van der Waals surface area contributed by atoms with Gasteiger partial charge < -0.3 is 15.5 Å². The van der Waals surface area contributed by atoms with Gasteiger partial charge in [-0.05, 0) is 55.3 Å². The van der Waals surface area contributed by atoms with Gasteiger partial charge in [-0.3, -0.25) is 9.59 Å². The molecular formula is C19H20ClN3O2. The van der Waals surface area contributed by atoms with E-state index in [0.717, 1.165) is 29.9 Å². The second-order valence-electron chi connectivity index (χ2n) is 6.01. The number of carbonyl (C=O) groups is 2. The first-order valence-electron chi connectivity index (χ1n) is 8.24. The number of halogens is 1. The minimum atomic E-state index is -0.149. The van der Waals surface area contributed by atoms with Gasteiger partial charge in [-0.25, -0.2) is 0 Å². The van der Waals surface area contributed by atoms with Gasteiger partial charge in [0.15, 0.2) is 0 Å². The average Bonchev–Trinajstić information content (AvgIpc) is 3.03. The lowest BCUT2D eigenvalue weighted by Crippen LogP contribution is -2.24. The van der Waals surface area contributed by atoms with E-state index in [1.807, 2.05) is 49.4 Å². The molecule has 1 saturated heterocycles. The number of nitrogens with one attached hydrogen (secondary N) is 2. The zero-order valence-corrected chi connectivity index (χ0v) is 14.8. The Balaban J connectivity index is 1.56. The van der Waals surface area contributed by atoms with E-state index in [-0.39, 0.29) is 18.4 Å². The van der Waals surface area contributed by atoms with E-state index >= 15 is 0 Å². The third kappa shape index (κ3) is 4.12. The highest BCUT2D eigenvalue weighted by Gasteiger charge is 2.21. The van der Waals surface area contributed by atoms with Crippen LogP contribution in [0, 0.1) is 6.92 Å². The number of benzene rings is 2. The molecule has 6 heteroatoms. The third-order valence-electron chi connectivity index (χ3n) is 4.24. The van der Waals surface area contributed by atoms with Crippen molar-refractivity contribution in [1.29, 1.82) is 0 Å². The summed E-state index contributed by atoms with van der Waals surface area (Å²) >= 11 is 6.07. The van der Waals surface area contributed by atoms with Gasteiger partial charge in [-0.2, -0.15) is 0 Å². The Kier molecular flexibility index (Phi) is 5.24. The summed E-state index contributed by atoms with van der Waals surface area (Å²) in [6.45, 7) is 2.81. The van der Waals surface area contributed by atoms with Crippen LogP contribution in [-0.2, 0) is 9.59 Å². The molecule has 0 radical (unpaired) electrons. The monoisotopic (exact) mass is 357 g/mol. The molecule has 0 aromatic heterocycles. The molecule has 25 heavy (non-hydrogen) atoms. The van der Waals surface area contributed by atoms with Crippen molar-refractivity contribution in [1.82, 2.24) is 0 Å². The van der Waals surface area contributed by atoms with Crippen LogP contribution in [0.5, 0.6) is 0 Å². The molecule has 5 nitrogen and oxygen atoms in total. The summed E-state index contributed by atoms with van der Waals surface area (Å²) in [7, 11) is 0. The van der Waals surface area contributed by atoms with Crippen LogP contribution in [0.2, 0.25) is 5.02 Å². The van der Waals surface area contributed by atoms with Crippen LogP contribution in [0.1, 0.15) is 18.4 Å². The smallest absolute Gasteiger partial charge is 0.243 e. The predicted octanol–water partition coefficient (Wildman–Crippen LogP) is 3.83. The minimum Gasteiger partial charge on any atom is -0.376 e. The maximum Gasteiger partial charge on any atom is 0.243 e. The standard InChI is InChI=1S/C19H20ClN3O2/c1-13-16(20)4-2-5-17(13)21-12-18(24)22-14-7-9-15(10-8-14)23-11-3-6-19(23)25/h2,4-5,7-10,21H,3,6,11-12H2,1H3,(H,22,24). The Morgan fingerprint density at radius 3 is 2.64 bits per heavy atom. The maximum absolute atomic E-state index is 12.1.